The lowest BCUT2D eigenvalue weighted by Gasteiger charge is -2.35. The molecule has 0 unspecified atom stereocenters. The Balaban J connectivity index is 1.40. The van der Waals surface area contributed by atoms with Crippen LogP contribution in [0.15, 0.2) is 60.9 Å². The van der Waals surface area contributed by atoms with Gasteiger partial charge in [-0.2, -0.15) is 0 Å². The highest BCUT2D eigenvalue weighted by atomic mass is 35.5. The van der Waals surface area contributed by atoms with Crippen LogP contribution >= 0.6 is 11.6 Å². The van der Waals surface area contributed by atoms with Gasteiger partial charge in [0.05, 0.1) is 23.5 Å². The van der Waals surface area contributed by atoms with Gasteiger partial charge in [-0.05, 0) is 24.3 Å². The number of methoxy groups -OCH3 is 1. The number of benzene rings is 2. The van der Waals surface area contributed by atoms with Gasteiger partial charge in [0.15, 0.2) is 0 Å². The van der Waals surface area contributed by atoms with Gasteiger partial charge in [0, 0.05) is 37.8 Å². The van der Waals surface area contributed by atoms with Crippen LogP contribution in [0.2, 0.25) is 5.02 Å². The zero-order chi connectivity index (χ0) is 20.9. The second-order valence-electron chi connectivity index (χ2n) is 6.88. The molecule has 1 N–H and O–H groups in total. The third kappa shape index (κ3) is 4.46. The predicted molar refractivity (Wildman–Crippen MR) is 118 cm³/mol. The van der Waals surface area contributed by atoms with Gasteiger partial charge in [0.2, 0.25) is 0 Å². The molecule has 0 bridgehead atoms. The van der Waals surface area contributed by atoms with E-state index in [4.69, 9.17) is 16.3 Å². The van der Waals surface area contributed by atoms with E-state index in [0.29, 0.717) is 36.9 Å². The van der Waals surface area contributed by atoms with Crippen molar-refractivity contribution in [1.29, 1.82) is 0 Å². The lowest BCUT2D eigenvalue weighted by molar-refractivity contribution is 0.208. The minimum atomic E-state index is -0.150. The van der Waals surface area contributed by atoms with E-state index in [0.717, 1.165) is 22.8 Å². The summed E-state index contributed by atoms with van der Waals surface area (Å²) in [4.78, 5) is 25.3. The van der Waals surface area contributed by atoms with Gasteiger partial charge < -0.3 is 19.9 Å². The summed E-state index contributed by atoms with van der Waals surface area (Å²) in [5.74, 6) is 1.62. The van der Waals surface area contributed by atoms with Crippen LogP contribution in [0.25, 0.3) is 11.3 Å². The van der Waals surface area contributed by atoms with Gasteiger partial charge >= 0.3 is 6.03 Å². The number of anilines is 2. The Hall–Kier alpha value is -3.32. The summed E-state index contributed by atoms with van der Waals surface area (Å²) in [5, 5.41) is 3.40. The average molecular weight is 424 g/mol. The lowest BCUT2D eigenvalue weighted by atomic mass is 10.1. The smallest absolute Gasteiger partial charge is 0.322 e. The van der Waals surface area contributed by atoms with Gasteiger partial charge in [0.1, 0.15) is 17.9 Å². The standard InChI is InChI=1S/C22H22ClN5O2/c1-30-17-6-4-5-16(13-17)20-14-21(25-15-24-20)27-9-11-28(12-10-27)22(29)26-19-8-3-2-7-18(19)23/h2-8,13-15H,9-12H2,1H3,(H,26,29). The molecular weight excluding hydrogens is 402 g/mol. The highest BCUT2D eigenvalue weighted by Gasteiger charge is 2.22. The fourth-order valence-corrected chi connectivity index (χ4v) is 3.54. The molecule has 2 amide bonds. The van der Waals surface area contributed by atoms with E-state index in [-0.39, 0.29) is 6.03 Å². The number of carbonyl (C=O) groups is 1. The van der Waals surface area contributed by atoms with E-state index in [9.17, 15) is 4.79 Å². The molecule has 1 aliphatic rings. The number of rotatable bonds is 4. The van der Waals surface area contributed by atoms with E-state index in [2.05, 4.69) is 20.2 Å². The fraction of sp³-hybridized carbons (Fsp3) is 0.227. The van der Waals surface area contributed by atoms with Gasteiger partial charge in [-0.25, -0.2) is 14.8 Å². The summed E-state index contributed by atoms with van der Waals surface area (Å²) < 4.78 is 5.30. The number of hydrogen-bond donors (Lipinski definition) is 1. The first-order chi connectivity index (χ1) is 14.6. The molecule has 0 radical (unpaired) electrons. The zero-order valence-electron chi connectivity index (χ0n) is 16.6. The Morgan fingerprint density at radius 3 is 2.60 bits per heavy atom. The molecule has 0 atom stereocenters. The number of ether oxygens (including phenoxy) is 1. The Labute approximate surface area is 180 Å². The first-order valence-corrected chi connectivity index (χ1v) is 10.0. The molecule has 3 aromatic rings. The van der Waals surface area contributed by atoms with Crippen molar-refractivity contribution in [2.75, 3.05) is 43.5 Å². The molecule has 1 aliphatic heterocycles. The molecule has 0 aliphatic carbocycles. The largest absolute Gasteiger partial charge is 0.497 e. The molecule has 8 heteroatoms. The van der Waals surface area contributed by atoms with Crippen LogP contribution < -0.4 is 15.0 Å². The Bertz CT molecular complexity index is 1040. The number of para-hydroxylation sites is 1. The van der Waals surface area contributed by atoms with Crippen LogP contribution in [0.4, 0.5) is 16.3 Å². The quantitative estimate of drug-likeness (QED) is 0.682. The van der Waals surface area contributed by atoms with Crippen molar-refractivity contribution in [3.8, 4) is 17.0 Å². The molecule has 1 saturated heterocycles. The molecule has 30 heavy (non-hydrogen) atoms. The highest BCUT2D eigenvalue weighted by molar-refractivity contribution is 6.33. The average Bonchev–Trinajstić information content (AvgIpc) is 2.81. The van der Waals surface area contributed by atoms with E-state index >= 15 is 0 Å². The van der Waals surface area contributed by atoms with Crippen LogP contribution in [-0.2, 0) is 0 Å². The van der Waals surface area contributed by atoms with E-state index < -0.39 is 0 Å². The predicted octanol–water partition coefficient (Wildman–Crippen LogP) is 4.16. The summed E-state index contributed by atoms with van der Waals surface area (Å²) in [6.07, 6.45) is 1.57. The summed E-state index contributed by atoms with van der Waals surface area (Å²) in [7, 11) is 1.64. The maximum Gasteiger partial charge on any atom is 0.322 e. The van der Waals surface area contributed by atoms with Crippen LogP contribution in [0.5, 0.6) is 5.75 Å². The van der Waals surface area contributed by atoms with Crippen LogP contribution in [0, 0.1) is 0 Å². The number of aromatic nitrogens is 2. The molecular formula is C22H22ClN5O2. The Morgan fingerprint density at radius 2 is 1.83 bits per heavy atom. The van der Waals surface area contributed by atoms with Crippen molar-refractivity contribution in [2.45, 2.75) is 0 Å². The van der Waals surface area contributed by atoms with Gasteiger partial charge in [-0.1, -0.05) is 35.9 Å². The number of hydrogen-bond acceptors (Lipinski definition) is 5. The molecule has 1 aromatic heterocycles. The fourth-order valence-electron chi connectivity index (χ4n) is 3.36. The van der Waals surface area contributed by atoms with Crippen molar-refractivity contribution in [1.82, 2.24) is 14.9 Å². The molecule has 7 nitrogen and oxygen atoms in total. The Morgan fingerprint density at radius 1 is 1.03 bits per heavy atom. The maximum absolute atomic E-state index is 12.6. The number of amides is 2. The third-order valence-corrected chi connectivity index (χ3v) is 5.35. The number of carbonyl (C=O) groups excluding carboxylic acids is 1. The van der Waals surface area contributed by atoms with Crippen molar-refractivity contribution in [3.63, 3.8) is 0 Å². The monoisotopic (exact) mass is 423 g/mol. The molecule has 4 rings (SSSR count). The number of nitrogens with zero attached hydrogens (tertiary/aromatic N) is 4. The summed E-state index contributed by atoms with van der Waals surface area (Å²) in [5.41, 5.74) is 2.42. The number of urea groups is 1. The number of halogens is 1. The first-order valence-electron chi connectivity index (χ1n) is 9.66. The van der Waals surface area contributed by atoms with Gasteiger partial charge in [-0.15, -0.1) is 0 Å². The normalized spacial score (nSPS) is 13.8. The van der Waals surface area contributed by atoms with Crippen molar-refractivity contribution < 1.29 is 9.53 Å². The minimum Gasteiger partial charge on any atom is -0.497 e. The van der Waals surface area contributed by atoms with Crippen molar-refractivity contribution in [3.05, 3.63) is 65.9 Å². The molecule has 1 fully saturated rings. The molecule has 154 valence electrons. The van der Waals surface area contributed by atoms with Gasteiger partial charge in [0.25, 0.3) is 0 Å². The van der Waals surface area contributed by atoms with E-state index in [1.165, 1.54) is 0 Å². The van der Waals surface area contributed by atoms with Crippen LogP contribution in [0.1, 0.15) is 0 Å². The molecule has 0 spiro atoms. The lowest BCUT2D eigenvalue weighted by Crippen LogP contribution is -2.50. The summed E-state index contributed by atoms with van der Waals surface area (Å²) >= 11 is 6.13. The minimum absolute atomic E-state index is 0.150. The number of nitrogens with one attached hydrogen (secondary N) is 1. The molecule has 0 saturated carbocycles. The van der Waals surface area contributed by atoms with Crippen LogP contribution in [-0.4, -0.2) is 54.2 Å². The second kappa shape index (κ2) is 9.00. The van der Waals surface area contributed by atoms with E-state index in [1.54, 1.807) is 30.5 Å². The maximum atomic E-state index is 12.6. The third-order valence-electron chi connectivity index (χ3n) is 5.02. The van der Waals surface area contributed by atoms with Crippen molar-refractivity contribution in [2.24, 2.45) is 0 Å². The van der Waals surface area contributed by atoms with E-state index in [1.807, 2.05) is 42.5 Å². The topological polar surface area (TPSA) is 70.6 Å². The molecule has 2 aromatic carbocycles. The van der Waals surface area contributed by atoms with Crippen LogP contribution in [0.3, 0.4) is 0 Å². The first kappa shape index (κ1) is 20.0. The zero-order valence-corrected chi connectivity index (χ0v) is 17.3. The number of piperazine rings is 1. The SMILES string of the molecule is COc1cccc(-c2cc(N3CCN(C(=O)Nc4ccccc4Cl)CC3)ncn2)c1. The Kier molecular flexibility index (Phi) is 5.99. The summed E-state index contributed by atoms with van der Waals surface area (Å²) in [6.45, 7) is 2.55. The molecule has 2 heterocycles. The van der Waals surface area contributed by atoms with Gasteiger partial charge in [-0.3, -0.25) is 0 Å². The summed E-state index contributed by atoms with van der Waals surface area (Å²) in [6, 6.07) is 16.8. The highest BCUT2D eigenvalue weighted by Crippen LogP contribution is 2.25. The van der Waals surface area contributed by atoms with Crippen molar-refractivity contribution >= 4 is 29.1 Å². The second-order valence-corrected chi connectivity index (χ2v) is 7.28.